The molecule has 0 spiro atoms. The van der Waals surface area contributed by atoms with Crippen LogP contribution in [0.2, 0.25) is 0 Å². The monoisotopic (exact) mass is 352 g/mol. The summed E-state index contributed by atoms with van der Waals surface area (Å²) in [6, 6.07) is 5.76. The van der Waals surface area contributed by atoms with Crippen LogP contribution in [0.4, 0.5) is 13.9 Å². The number of anilines is 1. The minimum absolute atomic E-state index is 0.0550. The van der Waals surface area contributed by atoms with E-state index < -0.39 is 12.7 Å². The number of carbonyl (C=O) groups excluding carboxylic acids is 1. The summed E-state index contributed by atoms with van der Waals surface area (Å²) < 4.78 is 31.1. The van der Waals surface area contributed by atoms with Gasteiger partial charge in [0.15, 0.2) is 5.13 Å². The molecule has 0 fully saturated rings. The quantitative estimate of drug-likeness (QED) is 0.762. The van der Waals surface area contributed by atoms with Crippen LogP contribution in [0.5, 0.6) is 5.75 Å². The number of aromatic nitrogens is 3. The lowest BCUT2D eigenvalue weighted by molar-refractivity contribution is -0.119. The van der Waals surface area contributed by atoms with Gasteiger partial charge in [0.25, 0.3) is 5.91 Å². The fraction of sp³-hybridized carbons (Fsp3) is 0.267. The van der Waals surface area contributed by atoms with E-state index in [1.165, 1.54) is 23.5 Å². The van der Waals surface area contributed by atoms with Crippen molar-refractivity contribution in [1.82, 2.24) is 14.8 Å². The van der Waals surface area contributed by atoms with E-state index in [1.54, 1.807) is 23.9 Å². The first-order valence-electron chi connectivity index (χ1n) is 7.10. The largest absolute Gasteiger partial charge is 0.435 e. The number of nitrogens with one attached hydrogen (secondary N) is 1. The smallest absolute Gasteiger partial charge is 0.387 e. The predicted octanol–water partition coefficient (Wildman–Crippen LogP) is 3.60. The lowest BCUT2D eigenvalue weighted by atomic mass is 10.3. The van der Waals surface area contributed by atoms with Gasteiger partial charge in [-0.1, -0.05) is 11.3 Å². The number of carbonyl (C=O) groups is 1. The maximum absolute atomic E-state index is 12.3. The molecule has 1 atom stereocenters. The second-order valence-corrected chi connectivity index (χ2v) is 6.16. The molecular weight excluding hydrogens is 338 g/mol. The molecule has 0 saturated heterocycles. The van der Waals surface area contributed by atoms with E-state index in [1.807, 2.05) is 13.0 Å². The highest BCUT2D eigenvalue weighted by Gasteiger charge is 2.17. The normalized spacial score (nSPS) is 12.5. The minimum Gasteiger partial charge on any atom is -0.435 e. The first-order valence-corrected chi connectivity index (χ1v) is 7.92. The molecule has 3 aromatic rings. The number of benzene rings is 1. The highest BCUT2D eigenvalue weighted by Crippen LogP contribution is 2.30. The summed E-state index contributed by atoms with van der Waals surface area (Å²) in [4.78, 5) is 16.6. The zero-order chi connectivity index (χ0) is 17.3. The number of alkyl halides is 2. The van der Waals surface area contributed by atoms with E-state index in [4.69, 9.17) is 0 Å². The molecule has 0 bridgehead atoms. The average molecular weight is 352 g/mol. The molecule has 24 heavy (non-hydrogen) atoms. The second-order valence-electron chi connectivity index (χ2n) is 5.13. The number of rotatable bonds is 5. The number of halogens is 2. The Morgan fingerprint density at radius 1 is 1.38 bits per heavy atom. The Kier molecular flexibility index (Phi) is 4.43. The number of fused-ring (bicyclic) bond motifs is 1. The van der Waals surface area contributed by atoms with Crippen LogP contribution in [0.3, 0.4) is 0 Å². The van der Waals surface area contributed by atoms with Gasteiger partial charge in [-0.15, -0.1) is 0 Å². The average Bonchev–Trinajstić information content (AvgIpc) is 3.11. The lowest BCUT2D eigenvalue weighted by Crippen LogP contribution is -2.24. The van der Waals surface area contributed by atoms with Crippen molar-refractivity contribution in [1.29, 1.82) is 0 Å². The van der Waals surface area contributed by atoms with Crippen LogP contribution in [0.15, 0.2) is 30.5 Å². The Balaban J connectivity index is 1.76. The van der Waals surface area contributed by atoms with Gasteiger partial charge in [-0.05, 0) is 38.1 Å². The fourth-order valence-corrected chi connectivity index (χ4v) is 3.01. The molecule has 0 aliphatic carbocycles. The summed E-state index contributed by atoms with van der Waals surface area (Å²) in [6.45, 7) is 0.685. The van der Waals surface area contributed by atoms with Crippen LogP contribution >= 0.6 is 11.3 Å². The molecule has 3 rings (SSSR count). The molecule has 126 valence electrons. The standard InChI is InChI=1S/C15H14F2N4O2S/c1-8-5-6-21(20-8)9(2)13(22)19-15-18-11-4-3-10(23-14(16)17)7-12(11)24-15/h3-7,9,14H,1-2H3,(H,18,19,22). The van der Waals surface area contributed by atoms with Gasteiger partial charge in [-0.2, -0.15) is 13.9 Å². The van der Waals surface area contributed by atoms with E-state index in [0.717, 1.165) is 5.69 Å². The maximum Gasteiger partial charge on any atom is 0.387 e. The van der Waals surface area contributed by atoms with Gasteiger partial charge in [0.05, 0.1) is 15.9 Å². The number of amides is 1. The van der Waals surface area contributed by atoms with Crippen molar-refractivity contribution in [3.8, 4) is 5.75 Å². The van der Waals surface area contributed by atoms with Crippen LogP contribution in [0, 0.1) is 6.92 Å². The number of ether oxygens (including phenoxy) is 1. The van der Waals surface area contributed by atoms with E-state index in [9.17, 15) is 13.6 Å². The highest BCUT2D eigenvalue weighted by atomic mass is 32.1. The van der Waals surface area contributed by atoms with Crippen LogP contribution < -0.4 is 10.1 Å². The Hall–Kier alpha value is -2.55. The SMILES string of the molecule is Cc1ccn(C(C)C(=O)Nc2nc3ccc(OC(F)F)cc3s2)n1. The Morgan fingerprint density at radius 2 is 2.17 bits per heavy atom. The summed E-state index contributed by atoms with van der Waals surface area (Å²) in [7, 11) is 0. The van der Waals surface area contributed by atoms with Crippen molar-refractivity contribution in [3.05, 3.63) is 36.2 Å². The maximum atomic E-state index is 12.3. The zero-order valence-electron chi connectivity index (χ0n) is 12.9. The Labute approximate surface area is 140 Å². The summed E-state index contributed by atoms with van der Waals surface area (Å²) in [5, 5.41) is 7.31. The molecule has 2 aromatic heterocycles. The van der Waals surface area contributed by atoms with Crippen LogP contribution in [-0.4, -0.2) is 27.3 Å². The van der Waals surface area contributed by atoms with Crippen LogP contribution in [0.25, 0.3) is 10.2 Å². The molecule has 0 radical (unpaired) electrons. The summed E-state index contributed by atoms with van der Waals surface area (Å²) in [6.07, 6.45) is 1.73. The second kappa shape index (κ2) is 6.52. The zero-order valence-corrected chi connectivity index (χ0v) is 13.7. The van der Waals surface area contributed by atoms with E-state index in [-0.39, 0.29) is 11.7 Å². The number of hydrogen-bond donors (Lipinski definition) is 1. The van der Waals surface area contributed by atoms with Crippen molar-refractivity contribution in [2.45, 2.75) is 26.5 Å². The first-order chi connectivity index (χ1) is 11.4. The van der Waals surface area contributed by atoms with Gasteiger partial charge >= 0.3 is 6.61 Å². The molecule has 1 unspecified atom stereocenters. The van der Waals surface area contributed by atoms with Crippen LogP contribution in [-0.2, 0) is 4.79 Å². The van der Waals surface area contributed by atoms with Crippen molar-refractivity contribution >= 4 is 32.6 Å². The van der Waals surface area contributed by atoms with Gasteiger partial charge < -0.3 is 10.1 Å². The molecule has 1 amide bonds. The van der Waals surface area contributed by atoms with Crippen molar-refractivity contribution in [2.24, 2.45) is 0 Å². The number of thiazole rings is 1. The lowest BCUT2D eigenvalue weighted by Gasteiger charge is -2.10. The van der Waals surface area contributed by atoms with E-state index >= 15 is 0 Å². The predicted molar refractivity (Wildman–Crippen MR) is 86.6 cm³/mol. The number of aryl methyl sites for hydroxylation is 1. The van der Waals surface area contributed by atoms with E-state index in [0.29, 0.717) is 15.3 Å². The molecule has 1 aromatic carbocycles. The molecule has 9 heteroatoms. The van der Waals surface area contributed by atoms with Gasteiger partial charge in [0.1, 0.15) is 11.8 Å². The molecule has 0 aliphatic rings. The summed E-state index contributed by atoms with van der Waals surface area (Å²) in [5.41, 5.74) is 1.42. The first kappa shape index (κ1) is 16.3. The minimum atomic E-state index is -2.88. The highest BCUT2D eigenvalue weighted by molar-refractivity contribution is 7.22. The van der Waals surface area contributed by atoms with Gasteiger partial charge in [0.2, 0.25) is 0 Å². The molecule has 6 nitrogen and oxygen atoms in total. The third-order valence-electron chi connectivity index (χ3n) is 3.33. The fourth-order valence-electron chi connectivity index (χ4n) is 2.11. The third-order valence-corrected chi connectivity index (χ3v) is 4.27. The Bertz CT molecular complexity index is 877. The number of nitrogens with zero attached hydrogens (tertiary/aromatic N) is 3. The third kappa shape index (κ3) is 3.51. The van der Waals surface area contributed by atoms with Crippen molar-refractivity contribution in [3.63, 3.8) is 0 Å². The van der Waals surface area contributed by atoms with E-state index in [2.05, 4.69) is 20.1 Å². The van der Waals surface area contributed by atoms with Crippen molar-refractivity contribution < 1.29 is 18.3 Å². The van der Waals surface area contributed by atoms with Crippen LogP contribution in [0.1, 0.15) is 18.7 Å². The van der Waals surface area contributed by atoms with Gasteiger partial charge in [-0.3, -0.25) is 9.48 Å². The molecule has 2 heterocycles. The van der Waals surface area contributed by atoms with Gasteiger partial charge in [0, 0.05) is 6.20 Å². The topological polar surface area (TPSA) is 69.0 Å². The molecule has 0 aliphatic heterocycles. The Morgan fingerprint density at radius 3 is 2.83 bits per heavy atom. The molecule has 1 N–H and O–H groups in total. The summed E-state index contributed by atoms with van der Waals surface area (Å²) >= 11 is 1.19. The number of hydrogen-bond acceptors (Lipinski definition) is 5. The molecular formula is C15H14F2N4O2S. The van der Waals surface area contributed by atoms with Gasteiger partial charge in [-0.25, -0.2) is 4.98 Å². The van der Waals surface area contributed by atoms with Crippen molar-refractivity contribution in [2.75, 3.05) is 5.32 Å². The summed E-state index contributed by atoms with van der Waals surface area (Å²) in [5.74, 6) is -0.208. The molecule has 0 saturated carbocycles.